The molecule has 0 aromatic heterocycles. The fourth-order valence-corrected chi connectivity index (χ4v) is 3.15. The molecule has 0 radical (unpaired) electrons. The van der Waals surface area contributed by atoms with Crippen molar-refractivity contribution in [2.75, 3.05) is 17.7 Å². The van der Waals surface area contributed by atoms with Crippen molar-refractivity contribution in [2.45, 2.75) is 22.4 Å². The molecule has 0 bridgehead atoms. The minimum Gasteiger partial charge on any atom is -0.384 e. The van der Waals surface area contributed by atoms with Crippen LogP contribution in [0.4, 0.5) is 18.9 Å². The lowest BCUT2D eigenvalue weighted by molar-refractivity contribution is -0.137. The number of rotatable bonds is 6. The van der Waals surface area contributed by atoms with Crippen molar-refractivity contribution >= 4 is 40.7 Å². The third-order valence-electron chi connectivity index (χ3n) is 2.96. The first kappa shape index (κ1) is 18.3. The van der Waals surface area contributed by atoms with Crippen LogP contribution < -0.4 is 5.32 Å². The van der Waals surface area contributed by atoms with Gasteiger partial charge in [0, 0.05) is 32.9 Å². The summed E-state index contributed by atoms with van der Waals surface area (Å²) in [6, 6.07) is 10.5. The van der Waals surface area contributed by atoms with Gasteiger partial charge in [0.2, 0.25) is 0 Å². The standard InChI is InChI=1S/C16H14Cl2F3NS/c17-7-2-8-22-14-10-12(18)5-6-15(14)23-13-4-1-3-11(9-13)16(19,20)21/h1,3-6,9-10,22H,2,7-8H2. The van der Waals surface area contributed by atoms with Crippen LogP contribution in [0.1, 0.15) is 12.0 Å². The molecule has 124 valence electrons. The van der Waals surface area contributed by atoms with Gasteiger partial charge in [-0.25, -0.2) is 0 Å². The molecule has 0 heterocycles. The largest absolute Gasteiger partial charge is 0.416 e. The van der Waals surface area contributed by atoms with E-state index in [1.807, 2.05) is 0 Å². The monoisotopic (exact) mass is 379 g/mol. The summed E-state index contributed by atoms with van der Waals surface area (Å²) in [5.74, 6) is 0.531. The minimum atomic E-state index is -4.35. The molecule has 7 heteroatoms. The summed E-state index contributed by atoms with van der Waals surface area (Å²) in [6.45, 7) is 0.667. The first-order valence-corrected chi connectivity index (χ1v) is 8.57. The second kappa shape index (κ2) is 8.18. The van der Waals surface area contributed by atoms with Crippen molar-refractivity contribution in [2.24, 2.45) is 0 Å². The molecular weight excluding hydrogens is 366 g/mol. The maximum absolute atomic E-state index is 12.8. The maximum Gasteiger partial charge on any atom is 0.416 e. The van der Waals surface area contributed by atoms with Crippen LogP contribution in [0.5, 0.6) is 0 Å². The number of benzene rings is 2. The van der Waals surface area contributed by atoms with E-state index in [2.05, 4.69) is 5.32 Å². The van der Waals surface area contributed by atoms with Crippen LogP contribution in [0.25, 0.3) is 0 Å². The molecule has 0 unspecified atom stereocenters. The molecule has 0 spiro atoms. The van der Waals surface area contributed by atoms with E-state index in [0.29, 0.717) is 22.3 Å². The zero-order valence-corrected chi connectivity index (χ0v) is 14.3. The topological polar surface area (TPSA) is 12.0 Å². The van der Waals surface area contributed by atoms with Crippen molar-refractivity contribution in [3.05, 3.63) is 53.1 Å². The summed E-state index contributed by atoms with van der Waals surface area (Å²) in [5, 5.41) is 3.77. The summed E-state index contributed by atoms with van der Waals surface area (Å²) in [6.07, 6.45) is -3.57. The lowest BCUT2D eigenvalue weighted by Crippen LogP contribution is -2.04. The summed E-state index contributed by atoms with van der Waals surface area (Å²) >= 11 is 12.9. The normalized spacial score (nSPS) is 11.5. The van der Waals surface area contributed by atoms with E-state index in [1.165, 1.54) is 17.8 Å². The van der Waals surface area contributed by atoms with E-state index in [9.17, 15) is 13.2 Å². The van der Waals surface area contributed by atoms with Gasteiger partial charge in [-0.1, -0.05) is 29.4 Å². The first-order valence-electron chi connectivity index (χ1n) is 6.84. The molecule has 0 fully saturated rings. The average molecular weight is 380 g/mol. The third kappa shape index (κ3) is 5.52. The lowest BCUT2D eigenvalue weighted by atomic mass is 10.2. The van der Waals surface area contributed by atoms with Gasteiger partial charge in [-0.15, -0.1) is 11.6 Å². The molecular formula is C16H14Cl2F3NS. The molecule has 0 atom stereocenters. The van der Waals surface area contributed by atoms with Crippen molar-refractivity contribution in [3.8, 4) is 0 Å². The van der Waals surface area contributed by atoms with Crippen LogP contribution >= 0.6 is 35.0 Å². The second-order valence-corrected chi connectivity index (χ2v) is 6.67. The van der Waals surface area contributed by atoms with Crippen LogP contribution in [0.3, 0.4) is 0 Å². The summed E-state index contributed by atoms with van der Waals surface area (Å²) in [4.78, 5) is 1.32. The first-order chi connectivity index (χ1) is 10.9. The molecule has 0 aliphatic rings. The van der Waals surface area contributed by atoms with Crippen LogP contribution in [0.2, 0.25) is 5.02 Å². The molecule has 0 amide bonds. The van der Waals surface area contributed by atoms with Crippen LogP contribution in [0.15, 0.2) is 52.3 Å². The average Bonchev–Trinajstić information content (AvgIpc) is 2.49. The highest BCUT2D eigenvalue weighted by atomic mass is 35.5. The Bertz CT molecular complexity index is 662. The SMILES string of the molecule is FC(F)(F)c1cccc(Sc2ccc(Cl)cc2NCCCCl)c1. The van der Waals surface area contributed by atoms with Crippen LogP contribution in [0, 0.1) is 0 Å². The van der Waals surface area contributed by atoms with E-state index in [1.54, 1.807) is 24.3 Å². The number of anilines is 1. The van der Waals surface area contributed by atoms with Gasteiger partial charge >= 0.3 is 6.18 Å². The highest BCUT2D eigenvalue weighted by molar-refractivity contribution is 7.99. The minimum absolute atomic E-state index is 0.516. The molecule has 0 aliphatic carbocycles. The summed E-state index contributed by atoms with van der Waals surface area (Å²) < 4.78 is 38.4. The number of nitrogens with one attached hydrogen (secondary N) is 1. The van der Waals surface area contributed by atoms with Crippen molar-refractivity contribution in [1.82, 2.24) is 0 Å². The fourth-order valence-electron chi connectivity index (χ4n) is 1.88. The van der Waals surface area contributed by atoms with E-state index < -0.39 is 11.7 Å². The summed E-state index contributed by atoms with van der Waals surface area (Å²) in [7, 11) is 0. The number of hydrogen-bond acceptors (Lipinski definition) is 2. The molecule has 2 aromatic carbocycles. The zero-order chi connectivity index (χ0) is 16.9. The number of halogens is 5. The van der Waals surface area contributed by atoms with Gasteiger partial charge in [0.05, 0.1) is 5.56 Å². The summed E-state index contributed by atoms with van der Waals surface area (Å²) in [5.41, 5.74) is 0.123. The molecule has 0 saturated carbocycles. The zero-order valence-electron chi connectivity index (χ0n) is 12.0. The quantitative estimate of drug-likeness (QED) is 0.450. The predicted molar refractivity (Wildman–Crippen MR) is 90.8 cm³/mol. The highest BCUT2D eigenvalue weighted by Crippen LogP contribution is 2.38. The smallest absolute Gasteiger partial charge is 0.384 e. The molecule has 2 rings (SSSR count). The predicted octanol–water partition coefficient (Wildman–Crippen LogP) is 6.55. The Morgan fingerprint density at radius 3 is 2.57 bits per heavy atom. The lowest BCUT2D eigenvalue weighted by Gasteiger charge is -2.13. The Balaban J connectivity index is 2.22. The van der Waals surface area contributed by atoms with Gasteiger partial charge in [0.15, 0.2) is 0 Å². The van der Waals surface area contributed by atoms with Crippen molar-refractivity contribution in [3.63, 3.8) is 0 Å². The highest BCUT2D eigenvalue weighted by Gasteiger charge is 2.30. The van der Waals surface area contributed by atoms with Gasteiger partial charge < -0.3 is 5.32 Å². The van der Waals surface area contributed by atoms with Crippen molar-refractivity contribution < 1.29 is 13.2 Å². The maximum atomic E-state index is 12.8. The van der Waals surface area contributed by atoms with Crippen LogP contribution in [-0.4, -0.2) is 12.4 Å². The van der Waals surface area contributed by atoms with Gasteiger partial charge in [0.25, 0.3) is 0 Å². The Kier molecular flexibility index (Phi) is 6.50. The van der Waals surface area contributed by atoms with Crippen molar-refractivity contribution in [1.29, 1.82) is 0 Å². The van der Waals surface area contributed by atoms with Gasteiger partial charge in [-0.05, 0) is 42.8 Å². The molecule has 2 aromatic rings. The van der Waals surface area contributed by atoms with Crippen LogP contribution in [-0.2, 0) is 6.18 Å². The van der Waals surface area contributed by atoms with E-state index in [4.69, 9.17) is 23.2 Å². The number of hydrogen-bond donors (Lipinski definition) is 1. The van der Waals surface area contributed by atoms with Gasteiger partial charge in [0.1, 0.15) is 0 Å². The number of alkyl halides is 4. The second-order valence-electron chi connectivity index (χ2n) is 4.74. The van der Waals surface area contributed by atoms with E-state index >= 15 is 0 Å². The molecule has 1 nitrogen and oxygen atoms in total. The Hall–Kier alpha value is -1.04. The van der Waals surface area contributed by atoms with Gasteiger partial charge in [-0.2, -0.15) is 13.2 Å². The van der Waals surface area contributed by atoms with E-state index in [0.717, 1.165) is 29.1 Å². The Morgan fingerprint density at radius 1 is 1.09 bits per heavy atom. The third-order valence-corrected chi connectivity index (χ3v) is 4.52. The van der Waals surface area contributed by atoms with Gasteiger partial charge in [-0.3, -0.25) is 0 Å². The molecule has 23 heavy (non-hydrogen) atoms. The molecule has 0 aliphatic heterocycles. The molecule has 1 N–H and O–H groups in total. The Morgan fingerprint density at radius 2 is 1.87 bits per heavy atom. The molecule has 0 saturated heterocycles. The Labute approximate surface area is 147 Å². The fraction of sp³-hybridized carbons (Fsp3) is 0.250. The van der Waals surface area contributed by atoms with E-state index in [-0.39, 0.29) is 0 Å².